The molecule has 0 aromatic carbocycles. The number of alkyl carbamates (subject to hydrolysis) is 1. The van der Waals surface area contributed by atoms with E-state index in [1.165, 1.54) is 6.92 Å². The van der Waals surface area contributed by atoms with Crippen LogP contribution in [-0.2, 0) is 14.3 Å². The highest BCUT2D eigenvalue weighted by Gasteiger charge is 2.51. The zero-order valence-electron chi connectivity index (χ0n) is 10.7. The van der Waals surface area contributed by atoms with Gasteiger partial charge in [0.25, 0.3) is 0 Å². The van der Waals surface area contributed by atoms with E-state index in [0.29, 0.717) is 4.90 Å². The van der Waals surface area contributed by atoms with Gasteiger partial charge in [-0.3, -0.25) is 4.79 Å². The molecule has 0 aliphatic carbocycles. The Kier molecular flexibility index (Phi) is 4.50. The zero-order chi connectivity index (χ0) is 15.5. The molecule has 1 aliphatic rings. The van der Waals surface area contributed by atoms with Crippen LogP contribution in [0.5, 0.6) is 0 Å². The van der Waals surface area contributed by atoms with Gasteiger partial charge in [-0.25, -0.2) is 19.7 Å². The van der Waals surface area contributed by atoms with Crippen molar-refractivity contribution < 1.29 is 34.1 Å². The molecule has 20 heavy (non-hydrogen) atoms. The van der Waals surface area contributed by atoms with Crippen LogP contribution in [0.1, 0.15) is 13.3 Å². The van der Waals surface area contributed by atoms with Crippen molar-refractivity contribution in [3.8, 4) is 0 Å². The van der Waals surface area contributed by atoms with Gasteiger partial charge in [-0.1, -0.05) is 0 Å². The predicted octanol–water partition coefficient (Wildman–Crippen LogP) is -1.21. The number of hydrogen-bond donors (Lipinski definition) is 4. The lowest BCUT2D eigenvalue weighted by Crippen LogP contribution is -2.52. The van der Waals surface area contributed by atoms with Crippen molar-refractivity contribution in [2.75, 3.05) is 13.2 Å². The lowest BCUT2D eigenvalue weighted by Gasteiger charge is -2.21. The normalized spacial score (nSPS) is 25.1. The van der Waals surface area contributed by atoms with E-state index >= 15 is 0 Å². The van der Waals surface area contributed by atoms with Gasteiger partial charge in [-0.05, 0) is 6.92 Å². The molecule has 1 fully saturated rings. The van der Waals surface area contributed by atoms with Crippen molar-refractivity contribution in [3.63, 3.8) is 0 Å². The van der Waals surface area contributed by atoms with E-state index in [4.69, 9.17) is 15.9 Å². The third kappa shape index (κ3) is 3.15. The van der Waals surface area contributed by atoms with Gasteiger partial charge in [0.05, 0.1) is 13.2 Å². The number of carboxylic acid groups (broad SMARTS) is 2. The van der Waals surface area contributed by atoms with Crippen molar-refractivity contribution in [2.24, 2.45) is 5.73 Å². The standard InChI is InChI=1S/C10H15N3O7/c1-2-20-9(19)12-8(18)13-4-10(11,7(16)17)3-5(13)6(14)15/h5H,2-4,11H2,1H3,(H,14,15)(H,16,17)(H,12,18,19)/t5-,10+/m1/s1. The first kappa shape index (κ1) is 15.7. The van der Waals surface area contributed by atoms with Crippen LogP contribution in [-0.4, -0.2) is 63.9 Å². The molecular weight excluding hydrogens is 274 g/mol. The third-order valence-electron chi connectivity index (χ3n) is 2.84. The SMILES string of the molecule is CCOC(=O)NC(=O)N1C[C@](N)(C(=O)O)C[C@@H]1C(=O)O. The minimum absolute atomic E-state index is 0.0252. The molecule has 0 radical (unpaired) electrons. The van der Waals surface area contributed by atoms with Crippen LogP contribution in [0.4, 0.5) is 9.59 Å². The average Bonchev–Trinajstić information content (AvgIpc) is 2.69. The van der Waals surface area contributed by atoms with Gasteiger partial charge in [0, 0.05) is 6.42 Å². The highest BCUT2D eigenvalue weighted by Crippen LogP contribution is 2.25. The van der Waals surface area contributed by atoms with Gasteiger partial charge < -0.3 is 25.6 Å². The fraction of sp³-hybridized carbons (Fsp3) is 0.600. The van der Waals surface area contributed by atoms with Gasteiger partial charge in [0.15, 0.2) is 0 Å². The van der Waals surface area contributed by atoms with E-state index in [2.05, 4.69) is 4.74 Å². The Labute approximate surface area is 113 Å². The lowest BCUT2D eigenvalue weighted by molar-refractivity contribution is -0.142. The maximum absolute atomic E-state index is 11.8. The van der Waals surface area contributed by atoms with Gasteiger partial charge in [0.1, 0.15) is 11.6 Å². The van der Waals surface area contributed by atoms with Crippen LogP contribution in [0, 0.1) is 0 Å². The summed E-state index contributed by atoms with van der Waals surface area (Å²) in [5, 5.41) is 19.8. The molecule has 112 valence electrons. The highest BCUT2D eigenvalue weighted by atomic mass is 16.5. The zero-order valence-corrected chi connectivity index (χ0v) is 10.7. The van der Waals surface area contributed by atoms with Gasteiger partial charge in [-0.2, -0.15) is 0 Å². The molecule has 10 nitrogen and oxygen atoms in total. The molecule has 0 aromatic rings. The maximum atomic E-state index is 11.8. The molecule has 0 unspecified atom stereocenters. The molecule has 5 N–H and O–H groups in total. The summed E-state index contributed by atoms with van der Waals surface area (Å²) in [6.45, 7) is 1.03. The van der Waals surface area contributed by atoms with E-state index in [1.54, 1.807) is 5.32 Å². The molecule has 1 saturated heterocycles. The summed E-state index contributed by atoms with van der Waals surface area (Å²) in [7, 11) is 0. The van der Waals surface area contributed by atoms with E-state index in [9.17, 15) is 19.2 Å². The van der Waals surface area contributed by atoms with E-state index in [1.807, 2.05) is 0 Å². The number of urea groups is 1. The fourth-order valence-electron chi connectivity index (χ4n) is 1.85. The number of nitrogens with two attached hydrogens (primary N) is 1. The summed E-state index contributed by atoms with van der Waals surface area (Å²) in [4.78, 5) is 45.6. The summed E-state index contributed by atoms with van der Waals surface area (Å²) < 4.78 is 4.47. The number of imide groups is 1. The number of amides is 3. The molecule has 10 heteroatoms. The number of hydrogen-bond acceptors (Lipinski definition) is 6. The molecule has 3 amide bonds. The van der Waals surface area contributed by atoms with Crippen LogP contribution in [0.15, 0.2) is 0 Å². The maximum Gasteiger partial charge on any atom is 0.415 e. The van der Waals surface area contributed by atoms with Gasteiger partial charge >= 0.3 is 24.1 Å². The van der Waals surface area contributed by atoms with Gasteiger partial charge in [-0.15, -0.1) is 0 Å². The second kappa shape index (κ2) is 5.74. The van der Waals surface area contributed by atoms with Crippen LogP contribution >= 0.6 is 0 Å². The van der Waals surface area contributed by atoms with E-state index < -0.39 is 48.6 Å². The van der Waals surface area contributed by atoms with Crippen molar-refractivity contribution in [1.82, 2.24) is 10.2 Å². The second-order valence-corrected chi connectivity index (χ2v) is 4.30. The Morgan fingerprint density at radius 1 is 1.40 bits per heavy atom. The molecule has 0 spiro atoms. The largest absolute Gasteiger partial charge is 0.480 e. The molecule has 1 heterocycles. The number of likely N-dealkylation sites (tertiary alicyclic amines) is 1. The summed E-state index contributed by atoms with van der Waals surface area (Å²) in [6, 6.07) is -2.49. The average molecular weight is 289 g/mol. The predicted molar refractivity (Wildman–Crippen MR) is 62.9 cm³/mol. The van der Waals surface area contributed by atoms with Crippen molar-refractivity contribution in [1.29, 1.82) is 0 Å². The Balaban J connectivity index is 2.86. The highest BCUT2D eigenvalue weighted by molar-refractivity contribution is 5.94. The molecular formula is C10H15N3O7. The van der Waals surface area contributed by atoms with Crippen molar-refractivity contribution in [2.45, 2.75) is 24.9 Å². The smallest absolute Gasteiger partial charge is 0.415 e. The van der Waals surface area contributed by atoms with Gasteiger partial charge in [0.2, 0.25) is 0 Å². The molecule has 2 atom stereocenters. The number of carbonyl (C=O) groups is 4. The van der Waals surface area contributed by atoms with Crippen molar-refractivity contribution >= 4 is 24.1 Å². The number of rotatable bonds is 3. The Morgan fingerprint density at radius 2 is 2.00 bits per heavy atom. The molecule has 0 bridgehead atoms. The Morgan fingerprint density at radius 3 is 2.45 bits per heavy atom. The van der Waals surface area contributed by atoms with Crippen LogP contribution in [0.2, 0.25) is 0 Å². The van der Waals surface area contributed by atoms with Crippen molar-refractivity contribution in [3.05, 3.63) is 0 Å². The number of ether oxygens (including phenoxy) is 1. The van der Waals surface area contributed by atoms with Crippen LogP contribution in [0.25, 0.3) is 0 Å². The molecule has 1 rings (SSSR count). The second-order valence-electron chi connectivity index (χ2n) is 4.30. The first-order valence-corrected chi connectivity index (χ1v) is 5.70. The van der Waals surface area contributed by atoms with E-state index in [-0.39, 0.29) is 6.61 Å². The summed E-state index contributed by atoms with van der Waals surface area (Å²) in [5.41, 5.74) is 3.68. The number of carboxylic acids is 2. The number of nitrogens with one attached hydrogen (secondary N) is 1. The first-order valence-electron chi connectivity index (χ1n) is 5.70. The monoisotopic (exact) mass is 289 g/mol. The minimum atomic E-state index is -1.87. The number of nitrogens with zero attached hydrogens (tertiary/aromatic N) is 1. The lowest BCUT2D eigenvalue weighted by atomic mass is 9.98. The van der Waals surface area contributed by atoms with Crippen LogP contribution < -0.4 is 11.1 Å². The molecule has 0 saturated carbocycles. The minimum Gasteiger partial charge on any atom is -0.480 e. The first-order chi connectivity index (χ1) is 9.21. The van der Waals surface area contributed by atoms with Crippen LogP contribution in [0.3, 0.4) is 0 Å². The molecule has 0 aromatic heterocycles. The summed E-state index contributed by atoms with van der Waals surface area (Å²) in [5.74, 6) is -2.83. The quantitative estimate of drug-likeness (QED) is 0.503. The Bertz CT molecular complexity index is 452. The fourth-order valence-corrected chi connectivity index (χ4v) is 1.85. The summed E-state index contributed by atoms with van der Waals surface area (Å²) in [6.07, 6.45) is -1.50. The summed E-state index contributed by atoms with van der Waals surface area (Å²) >= 11 is 0. The topological polar surface area (TPSA) is 159 Å². The Hall–Kier alpha value is -2.36. The third-order valence-corrected chi connectivity index (χ3v) is 2.84. The number of carbonyl (C=O) groups excluding carboxylic acids is 2. The van der Waals surface area contributed by atoms with E-state index in [0.717, 1.165) is 0 Å². The number of aliphatic carboxylic acids is 2. The molecule has 1 aliphatic heterocycles.